The van der Waals surface area contributed by atoms with Gasteiger partial charge in [0.2, 0.25) is 5.91 Å². The highest BCUT2D eigenvalue weighted by Gasteiger charge is 2.29. The third-order valence-corrected chi connectivity index (χ3v) is 2.50. The van der Waals surface area contributed by atoms with E-state index in [2.05, 4.69) is 31.4 Å². The standard InChI is InChI=1S/C11H22N2O2/c1-11(2,3)5-10(14)13-8-6-12-7-9(8)15-4/h8-9,12H,5-7H2,1-4H3,(H,13,14). The van der Waals surface area contributed by atoms with E-state index in [1.165, 1.54) is 0 Å². The second-order valence-corrected chi connectivity index (χ2v) is 5.34. The molecular weight excluding hydrogens is 192 g/mol. The molecule has 0 bridgehead atoms. The fourth-order valence-electron chi connectivity index (χ4n) is 1.79. The molecule has 15 heavy (non-hydrogen) atoms. The predicted molar refractivity (Wildman–Crippen MR) is 59.7 cm³/mol. The molecule has 0 aliphatic carbocycles. The Morgan fingerprint density at radius 1 is 1.47 bits per heavy atom. The maximum atomic E-state index is 11.7. The fraction of sp³-hybridized carbons (Fsp3) is 0.909. The van der Waals surface area contributed by atoms with Crippen molar-refractivity contribution >= 4 is 5.91 Å². The van der Waals surface area contributed by atoms with Gasteiger partial charge in [-0.3, -0.25) is 4.79 Å². The second-order valence-electron chi connectivity index (χ2n) is 5.34. The van der Waals surface area contributed by atoms with Crippen molar-refractivity contribution in [2.24, 2.45) is 5.41 Å². The van der Waals surface area contributed by atoms with E-state index in [4.69, 9.17) is 4.74 Å². The smallest absolute Gasteiger partial charge is 0.220 e. The molecule has 2 atom stereocenters. The molecule has 1 fully saturated rings. The Hall–Kier alpha value is -0.610. The summed E-state index contributed by atoms with van der Waals surface area (Å²) < 4.78 is 5.28. The Morgan fingerprint density at radius 2 is 2.13 bits per heavy atom. The third-order valence-electron chi connectivity index (χ3n) is 2.50. The number of hydrogen-bond acceptors (Lipinski definition) is 3. The van der Waals surface area contributed by atoms with E-state index in [1.54, 1.807) is 7.11 Å². The lowest BCUT2D eigenvalue weighted by molar-refractivity contribution is -0.124. The summed E-state index contributed by atoms with van der Waals surface area (Å²) in [6, 6.07) is 0.116. The van der Waals surface area contributed by atoms with Gasteiger partial charge in [-0.25, -0.2) is 0 Å². The van der Waals surface area contributed by atoms with Crippen molar-refractivity contribution in [1.82, 2.24) is 10.6 Å². The lowest BCUT2D eigenvalue weighted by Crippen LogP contribution is -2.44. The van der Waals surface area contributed by atoms with Crippen LogP contribution in [0.4, 0.5) is 0 Å². The number of ether oxygens (including phenoxy) is 1. The molecule has 1 amide bonds. The van der Waals surface area contributed by atoms with E-state index in [9.17, 15) is 4.79 Å². The quantitative estimate of drug-likeness (QED) is 0.720. The van der Waals surface area contributed by atoms with Crippen molar-refractivity contribution in [2.75, 3.05) is 20.2 Å². The van der Waals surface area contributed by atoms with Crippen LogP contribution in [0.5, 0.6) is 0 Å². The monoisotopic (exact) mass is 214 g/mol. The summed E-state index contributed by atoms with van der Waals surface area (Å²) in [5.41, 5.74) is 0.0404. The van der Waals surface area contributed by atoms with Crippen molar-refractivity contribution in [2.45, 2.75) is 39.3 Å². The number of carbonyl (C=O) groups is 1. The summed E-state index contributed by atoms with van der Waals surface area (Å²) in [7, 11) is 1.68. The first-order valence-electron chi connectivity index (χ1n) is 5.45. The molecule has 2 unspecified atom stereocenters. The molecule has 0 spiro atoms. The number of amides is 1. The van der Waals surface area contributed by atoms with Crippen LogP contribution in [0.25, 0.3) is 0 Å². The number of nitrogens with one attached hydrogen (secondary N) is 2. The molecule has 0 saturated carbocycles. The fourth-order valence-corrected chi connectivity index (χ4v) is 1.79. The van der Waals surface area contributed by atoms with Crippen molar-refractivity contribution < 1.29 is 9.53 Å². The van der Waals surface area contributed by atoms with Crippen LogP contribution >= 0.6 is 0 Å². The van der Waals surface area contributed by atoms with Crippen LogP contribution < -0.4 is 10.6 Å². The van der Waals surface area contributed by atoms with E-state index in [0.717, 1.165) is 13.1 Å². The number of rotatable bonds is 3. The van der Waals surface area contributed by atoms with Crippen molar-refractivity contribution in [1.29, 1.82) is 0 Å². The minimum absolute atomic E-state index is 0.0404. The molecule has 0 aromatic rings. The molecule has 1 rings (SSSR count). The average molecular weight is 214 g/mol. The Labute approximate surface area is 91.8 Å². The molecule has 0 aromatic carbocycles. The van der Waals surface area contributed by atoms with Gasteiger partial charge < -0.3 is 15.4 Å². The molecule has 1 aliphatic rings. The van der Waals surface area contributed by atoms with Gasteiger partial charge in [0.05, 0.1) is 12.1 Å². The van der Waals surface area contributed by atoms with Gasteiger partial charge in [0, 0.05) is 26.6 Å². The predicted octanol–water partition coefficient (Wildman–Crippen LogP) is 0.526. The Morgan fingerprint density at radius 3 is 2.67 bits per heavy atom. The van der Waals surface area contributed by atoms with Crippen LogP contribution in [0.2, 0.25) is 0 Å². The lowest BCUT2D eigenvalue weighted by Gasteiger charge is -2.22. The van der Waals surface area contributed by atoms with Crippen molar-refractivity contribution in [3.05, 3.63) is 0 Å². The maximum Gasteiger partial charge on any atom is 0.220 e. The van der Waals surface area contributed by atoms with E-state index in [-0.39, 0.29) is 23.5 Å². The Bertz CT molecular complexity index is 223. The normalized spacial score (nSPS) is 26.7. The first kappa shape index (κ1) is 12.5. The van der Waals surface area contributed by atoms with Crippen LogP contribution in [0.15, 0.2) is 0 Å². The van der Waals surface area contributed by atoms with Crippen LogP contribution in [-0.4, -0.2) is 38.3 Å². The highest BCUT2D eigenvalue weighted by molar-refractivity contribution is 5.77. The minimum atomic E-state index is 0.0404. The second kappa shape index (κ2) is 4.94. The third kappa shape index (κ3) is 4.18. The van der Waals surface area contributed by atoms with Gasteiger partial charge in [0.1, 0.15) is 0 Å². The summed E-state index contributed by atoms with van der Waals surface area (Å²) in [6.07, 6.45) is 0.661. The molecule has 0 radical (unpaired) electrons. The summed E-state index contributed by atoms with van der Waals surface area (Å²) >= 11 is 0. The molecule has 0 aromatic heterocycles. The van der Waals surface area contributed by atoms with Crippen LogP contribution in [0.1, 0.15) is 27.2 Å². The maximum absolute atomic E-state index is 11.7. The number of hydrogen-bond donors (Lipinski definition) is 2. The zero-order chi connectivity index (χ0) is 11.5. The zero-order valence-electron chi connectivity index (χ0n) is 10.1. The summed E-state index contributed by atoms with van der Waals surface area (Å²) in [4.78, 5) is 11.7. The molecule has 4 nitrogen and oxygen atoms in total. The molecule has 2 N–H and O–H groups in total. The van der Waals surface area contributed by atoms with Gasteiger partial charge in [-0.2, -0.15) is 0 Å². The van der Waals surface area contributed by atoms with Crippen molar-refractivity contribution in [3.8, 4) is 0 Å². The van der Waals surface area contributed by atoms with Gasteiger partial charge in [-0.15, -0.1) is 0 Å². The molecule has 1 heterocycles. The van der Waals surface area contributed by atoms with Crippen LogP contribution in [-0.2, 0) is 9.53 Å². The van der Waals surface area contributed by atoms with Gasteiger partial charge in [0.25, 0.3) is 0 Å². The largest absolute Gasteiger partial charge is 0.378 e. The summed E-state index contributed by atoms with van der Waals surface area (Å²) in [5.74, 6) is 0.109. The summed E-state index contributed by atoms with van der Waals surface area (Å²) in [6.45, 7) is 7.80. The molecule has 88 valence electrons. The first-order chi connectivity index (χ1) is 6.92. The number of methoxy groups -OCH3 is 1. The highest BCUT2D eigenvalue weighted by Crippen LogP contribution is 2.18. The first-order valence-corrected chi connectivity index (χ1v) is 5.45. The SMILES string of the molecule is COC1CNCC1NC(=O)CC(C)(C)C. The van der Waals surface area contributed by atoms with E-state index >= 15 is 0 Å². The highest BCUT2D eigenvalue weighted by atomic mass is 16.5. The molecule has 1 saturated heterocycles. The Kier molecular flexibility index (Phi) is 4.11. The Balaban J connectivity index is 2.37. The van der Waals surface area contributed by atoms with Crippen LogP contribution in [0, 0.1) is 5.41 Å². The average Bonchev–Trinajstić information content (AvgIpc) is 2.48. The van der Waals surface area contributed by atoms with E-state index in [0.29, 0.717) is 6.42 Å². The van der Waals surface area contributed by atoms with Gasteiger partial charge in [-0.05, 0) is 5.41 Å². The van der Waals surface area contributed by atoms with Gasteiger partial charge in [0.15, 0.2) is 0 Å². The van der Waals surface area contributed by atoms with Gasteiger partial charge >= 0.3 is 0 Å². The van der Waals surface area contributed by atoms with Gasteiger partial charge in [-0.1, -0.05) is 20.8 Å². The van der Waals surface area contributed by atoms with E-state index in [1.807, 2.05) is 0 Å². The van der Waals surface area contributed by atoms with Crippen molar-refractivity contribution in [3.63, 3.8) is 0 Å². The molecule has 4 heteroatoms. The topological polar surface area (TPSA) is 50.4 Å². The van der Waals surface area contributed by atoms with E-state index < -0.39 is 0 Å². The minimum Gasteiger partial charge on any atom is -0.378 e. The summed E-state index contributed by atoms with van der Waals surface area (Å²) in [5, 5.41) is 6.21. The lowest BCUT2D eigenvalue weighted by atomic mass is 9.92. The molecule has 1 aliphatic heterocycles. The molecular formula is C11H22N2O2. The number of carbonyl (C=O) groups excluding carboxylic acids is 1. The van der Waals surface area contributed by atoms with Crippen LogP contribution in [0.3, 0.4) is 0 Å². The zero-order valence-corrected chi connectivity index (χ0v) is 10.1.